The van der Waals surface area contributed by atoms with Crippen molar-refractivity contribution in [2.75, 3.05) is 0 Å². The number of nitrogens with zero attached hydrogens (tertiary/aromatic N) is 1. The zero-order valence-electron chi connectivity index (χ0n) is 17.1. The predicted molar refractivity (Wildman–Crippen MR) is 120 cm³/mol. The Morgan fingerprint density at radius 3 is 2.70 bits per heavy atom. The van der Waals surface area contributed by atoms with Crippen LogP contribution in [0.4, 0.5) is 0 Å². The fourth-order valence-electron chi connectivity index (χ4n) is 4.49. The van der Waals surface area contributed by atoms with Crippen LogP contribution in [0.1, 0.15) is 54.2 Å². The van der Waals surface area contributed by atoms with Gasteiger partial charge in [0.1, 0.15) is 17.6 Å². The Morgan fingerprint density at radius 2 is 1.90 bits per heavy atom. The van der Waals surface area contributed by atoms with Crippen LogP contribution < -0.4 is 14.8 Å². The summed E-state index contributed by atoms with van der Waals surface area (Å²) in [6.45, 7) is 0.926. The maximum atomic E-state index is 6.34. The Labute approximate surface area is 182 Å². The number of rotatable bonds is 6. The molecule has 1 fully saturated rings. The van der Waals surface area contributed by atoms with E-state index in [2.05, 4.69) is 58.8 Å². The third kappa shape index (κ3) is 4.68. The van der Waals surface area contributed by atoms with Crippen molar-refractivity contribution in [3.63, 3.8) is 0 Å². The van der Waals surface area contributed by atoms with Gasteiger partial charge in [0.25, 0.3) is 0 Å². The van der Waals surface area contributed by atoms with Crippen LogP contribution in [0.15, 0.2) is 60.2 Å². The van der Waals surface area contributed by atoms with E-state index in [4.69, 9.17) is 9.47 Å². The van der Waals surface area contributed by atoms with E-state index in [1.54, 1.807) is 11.3 Å². The van der Waals surface area contributed by atoms with Crippen LogP contribution in [-0.4, -0.2) is 17.1 Å². The van der Waals surface area contributed by atoms with Crippen molar-refractivity contribution in [3.8, 4) is 11.5 Å². The van der Waals surface area contributed by atoms with E-state index in [1.165, 1.54) is 16.0 Å². The molecule has 1 aliphatic heterocycles. The zero-order chi connectivity index (χ0) is 20.2. The smallest absolute Gasteiger partial charge is 0.124 e. The molecule has 0 spiro atoms. The van der Waals surface area contributed by atoms with Gasteiger partial charge < -0.3 is 14.8 Å². The molecule has 3 aromatic rings. The van der Waals surface area contributed by atoms with Crippen LogP contribution in [0.5, 0.6) is 11.5 Å². The molecule has 0 amide bonds. The zero-order valence-corrected chi connectivity index (χ0v) is 17.9. The highest BCUT2D eigenvalue weighted by Crippen LogP contribution is 2.37. The van der Waals surface area contributed by atoms with E-state index in [-0.39, 0.29) is 6.10 Å². The second-order valence-corrected chi connectivity index (χ2v) is 9.24. The van der Waals surface area contributed by atoms with E-state index >= 15 is 0 Å². The van der Waals surface area contributed by atoms with Gasteiger partial charge in [-0.1, -0.05) is 30.3 Å². The SMILES string of the molecule is c1ccc(C2CCc3cc(O[C@H]4CC[C@H](NCc5cncs5)CC4)ccc3O2)cc1. The van der Waals surface area contributed by atoms with Gasteiger partial charge >= 0.3 is 0 Å². The summed E-state index contributed by atoms with van der Waals surface area (Å²) in [5.41, 5.74) is 4.41. The summed E-state index contributed by atoms with van der Waals surface area (Å²) in [6, 6.07) is 17.4. The minimum atomic E-state index is 0.151. The first-order chi connectivity index (χ1) is 14.8. The Bertz CT molecular complexity index is 937. The predicted octanol–water partition coefficient (Wildman–Crippen LogP) is 5.69. The number of benzene rings is 2. The van der Waals surface area contributed by atoms with Gasteiger partial charge in [-0.05, 0) is 67.9 Å². The number of nitrogens with one attached hydrogen (secondary N) is 1. The third-order valence-corrected chi connectivity index (χ3v) is 6.95. The normalized spacial score (nSPS) is 23.4. The summed E-state index contributed by atoms with van der Waals surface area (Å²) in [5.74, 6) is 1.98. The van der Waals surface area contributed by atoms with Crippen molar-refractivity contribution >= 4 is 11.3 Å². The van der Waals surface area contributed by atoms with Gasteiger partial charge in [-0.3, -0.25) is 4.98 Å². The van der Waals surface area contributed by atoms with Crippen molar-refractivity contribution in [1.29, 1.82) is 0 Å². The molecule has 1 N–H and O–H groups in total. The average Bonchev–Trinajstić information content (AvgIpc) is 3.33. The summed E-state index contributed by atoms with van der Waals surface area (Å²) in [7, 11) is 0. The Hall–Kier alpha value is -2.37. The molecule has 2 aliphatic rings. The molecule has 156 valence electrons. The van der Waals surface area contributed by atoms with Crippen LogP contribution in [0.3, 0.4) is 0 Å². The molecule has 0 saturated heterocycles. The van der Waals surface area contributed by atoms with Gasteiger partial charge in [0, 0.05) is 23.7 Å². The first-order valence-electron chi connectivity index (χ1n) is 11.0. The minimum Gasteiger partial charge on any atom is -0.490 e. The molecule has 5 rings (SSSR count). The maximum Gasteiger partial charge on any atom is 0.124 e. The molecule has 30 heavy (non-hydrogen) atoms. The first-order valence-corrected chi connectivity index (χ1v) is 11.8. The highest BCUT2D eigenvalue weighted by Gasteiger charge is 2.24. The summed E-state index contributed by atoms with van der Waals surface area (Å²) in [6.07, 6.45) is 8.98. The largest absolute Gasteiger partial charge is 0.490 e. The van der Waals surface area contributed by atoms with E-state index in [0.29, 0.717) is 12.1 Å². The number of hydrogen-bond acceptors (Lipinski definition) is 5. The quantitative estimate of drug-likeness (QED) is 0.556. The number of thiazole rings is 1. The molecular formula is C25H28N2O2S. The molecule has 2 heterocycles. The molecule has 1 aromatic heterocycles. The lowest BCUT2D eigenvalue weighted by Gasteiger charge is -2.30. The second-order valence-electron chi connectivity index (χ2n) is 8.27. The molecule has 0 radical (unpaired) electrons. The van der Waals surface area contributed by atoms with E-state index < -0.39 is 0 Å². The molecule has 4 nitrogen and oxygen atoms in total. The van der Waals surface area contributed by atoms with E-state index in [0.717, 1.165) is 56.6 Å². The average molecular weight is 421 g/mol. The van der Waals surface area contributed by atoms with Gasteiger partial charge in [0.2, 0.25) is 0 Å². The monoisotopic (exact) mass is 420 g/mol. The van der Waals surface area contributed by atoms with Crippen molar-refractivity contribution in [2.45, 2.75) is 63.3 Å². The third-order valence-electron chi connectivity index (χ3n) is 6.17. The minimum absolute atomic E-state index is 0.151. The molecule has 1 saturated carbocycles. The van der Waals surface area contributed by atoms with Gasteiger partial charge in [-0.25, -0.2) is 0 Å². The summed E-state index contributed by atoms with van der Waals surface area (Å²) in [5, 5.41) is 3.67. The van der Waals surface area contributed by atoms with Gasteiger partial charge in [-0.15, -0.1) is 11.3 Å². The standard InChI is InChI=1S/C25H28N2O2S/c1-2-4-18(5-3-1)24-12-6-19-14-22(11-13-25(19)29-24)28-21-9-7-20(8-10-21)27-16-23-15-26-17-30-23/h1-5,11,13-15,17,20-21,24,27H,6-10,12,16H2/t20-,21-,24?. The highest BCUT2D eigenvalue weighted by atomic mass is 32.1. The number of ether oxygens (including phenoxy) is 2. The Morgan fingerprint density at radius 1 is 1.03 bits per heavy atom. The van der Waals surface area contributed by atoms with Crippen LogP contribution in [0.25, 0.3) is 0 Å². The van der Waals surface area contributed by atoms with Crippen molar-refractivity contribution in [1.82, 2.24) is 10.3 Å². The number of fused-ring (bicyclic) bond motifs is 1. The topological polar surface area (TPSA) is 43.4 Å². The summed E-state index contributed by atoms with van der Waals surface area (Å²) >= 11 is 1.72. The molecule has 1 unspecified atom stereocenters. The second kappa shape index (κ2) is 9.19. The van der Waals surface area contributed by atoms with Crippen LogP contribution in [0.2, 0.25) is 0 Å². The van der Waals surface area contributed by atoms with E-state index in [9.17, 15) is 0 Å². The Balaban J connectivity index is 1.13. The molecule has 1 aliphatic carbocycles. The van der Waals surface area contributed by atoms with Gasteiger partial charge in [-0.2, -0.15) is 0 Å². The molecule has 5 heteroatoms. The van der Waals surface area contributed by atoms with Crippen molar-refractivity contribution in [2.24, 2.45) is 0 Å². The van der Waals surface area contributed by atoms with Gasteiger partial charge in [0.05, 0.1) is 11.6 Å². The van der Waals surface area contributed by atoms with Crippen molar-refractivity contribution < 1.29 is 9.47 Å². The maximum absolute atomic E-state index is 6.34. The lowest BCUT2D eigenvalue weighted by atomic mass is 9.93. The van der Waals surface area contributed by atoms with Crippen LogP contribution in [0, 0.1) is 0 Å². The number of hydrogen-bond donors (Lipinski definition) is 1. The Kier molecular flexibility index (Phi) is 6.00. The molecule has 0 bridgehead atoms. The van der Waals surface area contributed by atoms with Gasteiger partial charge in [0.15, 0.2) is 0 Å². The lowest BCUT2D eigenvalue weighted by molar-refractivity contribution is 0.138. The number of aryl methyl sites for hydroxylation is 1. The summed E-state index contributed by atoms with van der Waals surface area (Å²) in [4.78, 5) is 5.45. The molecular weight excluding hydrogens is 392 g/mol. The lowest BCUT2D eigenvalue weighted by Crippen LogP contribution is -2.35. The van der Waals surface area contributed by atoms with Crippen molar-refractivity contribution in [3.05, 3.63) is 76.2 Å². The number of aromatic nitrogens is 1. The first kappa shape index (κ1) is 19.6. The molecule has 2 aromatic carbocycles. The molecule has 1 atom stereocenters. The van der Waals surface area contributed by atoms with Crippen LogP contribution in [-0.2, 0) is 13.0 Å². The van der Waals surface area contributed by atoms with Crippen LogP contribution >= 0.6 is 11.3 Å². The fourth-order valence-corrected chi connectivity index (χ4v) is 5.04. The fraction of sp³-hybridized carbons (Fsp3) is 0.400. The summed E-state index contributed by atoms with van der Waals surface area (Å²) < 4.78 is 12.6. The highest BCUT2D eigenvalue weighted by molar-refractivity contribution is 7.09. The van der Waals surface area contributed by atoms with E-state index in [1.807, 2.05) is 11.7 Å².